The molecule has 0 unspecified atom stereocenters. The lowest BCUT2D eigenvalue weighted by atomic mass is 10.1. The third-order valence-corrected chi connectivity index (χ3v) is 2.33. The second-order valence-corrected chi connectivity index (χ2v) is 3.86. The second kappa shape index (κ2) is 6.39. The van der Waals surface area contributed by atoms with E-state index in [0.29, 0.717) is 0 Å². The van der Waals surface area contributed by atoms with E-state index in [1.807, 2.05) is 0 Å². The fraction of sp³-hybridized carbons (Fsp3) is 0.417. The van der Waals surface area contributed by atoms with E-state index in [1.54, 1.807) is 0 Å². The lowest BCUT2D eigenvalue weighted by Crippen LogP contribution is -2.30. The molecule has 0 bridgehead atoms. The number of rotatable bonds is 6. The summed E-state index contributed by atoms with van der Waals surface area (Å²) in [7, 11) is 2.75. The maximum atomic E-state index is 13.1. The first-order chi connectivity index (χ1) is 8.43. The molecular formula is C12H14F3NO2. The van der Waals surface area contributed by atoms with Crippen molar-refractivity contribution in [3.05, 3.63) is 29.6 Å². The van der Waals surface area contributed by atoms with Gasteiger partial charge in [0.05, 0.1) is 25.8 Å². The van der Waals surface area contributed by atoms with Crippen molar-refractivity contribution in [2.75, 3.05) is 27.2 Å². The van der Waals surface area contributed by atoms with Gasteiger partial charge in [-0.05, 0) is 25.2 Å². The van der Waals surface area contributed by atoms with Gasteiger partial charge in [0.15, 0.2) is 5.78 Å². The van der Waals surface area contributed by atoms with Gasteiger partial charge in [-0.1, -0.05) is 0 Å². The van der Waals surface area contributed by atoms with Gasteiger partial charge in [-0.15, -0.1) is 0 Å². The van der Waals surface area contributed by atoms with Crippen molar-refractivity contribution in [2.24, 2.45) is 0 Å². The zero-order valence-electron chi connectivity index (χ0n) is 10.1. The van der Waals surface area contributed by atoms with Gasteiger partial charge in [-0.3, -0.25) is 9.69 Å². The predicted molar refractivity (Wildman–Crippen MR) is 60.8 cm³/mol. The maximum Gasteiger partial charge on any atom is 0.251 e. The minimum atomic E-state index is -2.52. The first-order valence-electron chi connectivity index (χ1n) is 5.27. The van der Waals surface area contributed by atoms with Crippen LogP contribution in [0.1, 0.15) is 10.4 Å². The Balaban J connectivity index is 2.80. The Morgan fingerprint density at radius 2 is 2.11 bits per heavy atom. The molecule has 1 aromatic rings. The second-order valence-electron chi connectivity index (χ2n) is 3.86. The Labute approximate surface area is 103 Å². The van der Waals surface area contributed by atoms with Crippen molar-refractivity contribution in [1.29, 1.82) is 0 Å². The van der Waals surface area contributed by atoms with Crippen LogP contribution < -0.4 is 4.74 Å². The normalized spacial score (nSPS) is 11.1. The third kappa shape index (κ3) is 4.03. The number of ketones is 1. The summed E-state index contributed by atoms with van der Waals surface area (Å²) in [6.07, 6.45) is -2.52. The van der Waals surface area contributed by atoms with Gasteiger partial charge in [0.25, 0.3) is 6.43 Å². The average Bonchev–Trinajstić information content (AvgIpc) is 2.27. The molecular weight excluding hydrogens is 247 g/mol. The van der Waals surface area contributed by atoms with Crippen LogP contribution in [0.5, 0.6) is 5.75 Å². The molecule has 0 atom stereocenters. The lowest BCUT2D eigenvalue weighted by molar-refractivity contribution is 0.0817. The van der Waals surface area contributed by atoms with Gasteiger partial charge in [-0.2, -0.15) is 0 Å². The summed E-state index contributed by atoms with van der Waals surface area (Å²) >= 11 is 0. The zero-order valence-corrected chi connectivity index (χ0v) is 10.1. The quantitative estimate of drug-likeness (QED) is 0.735. The number of likely N-dealkylation sites (N-methyl/N-ethyl adjacent to an activating group) is 1. The summed E-state index contributed by atoms with van der Waals surface area (Å²) in [6.45, 7) is -0.729. The average molecular weight is 261 g/mol. The fourth-order valence-corrected chi connectivity index (χ4v) is 1.53. The lowest BCUT2D eigenvalue weighted by Gasteiger charge is -2.15. The molecule has 1 rings (SSSR count). The van der Waals surface area contributed by atoms with Gasteiger partial charge in [0, 0.05) is 0 Å². The molecule has 0 N–H and O–H groups in total. The molecule has 0 heterocycles. The Kier molecular flexibility index (Phi) is 5.15. The Morgan fingerprint density at radius 3 is 2.67 bits per heavy atom. The van der Waals surface area contributed by atoms with Gasteiger partial charge < -0.3 is 4.74 Å². The summed E-state index contributed by atoms with van der Waals surface area (Å²) in [5, 5.41) is 0. The number of benzene rings is 1. The smallest absolute Gasteiger partial charge is 0.251 e. The van der Waals surface area contributed by atoms with Gasteiger partial charge in [0.2, 0.25) is 0 Å². The minimum Gasteiger partial charge on any atom is -0.496 e. The van der Waals surface area contributed by atoms with Crippen molar-refractivity contribution >= 4 is 5.78 Å². The highest BCUT2D eigenvalue weighted by molar-refractivity contribution is 6.00. The van der Waals surface area contributed by atoms with Crippen LogP contribution in [-0.2, 0) is 0 Å². The van der Waals surface area contributed by atoms with Crippen LogP contribution in [-0.4, -0.2) is 44.4 Å². The summed E-state index contributed by atoms with van der Waals surface area (Å²) in [5.41, 5.74) is 0.0543. The highest BCUT2D eigenvalue weighted by atomic mass is 19.3. The molecule has 0 spiro atoms. The van der Waals surface area contributed by atoms with E-state index in [0.717, 1.165) is 6.07 Å². The standard InChI is InChI=1S/C12H14F3NO2/c1-16(7-12(14)15)6-10(17)9-5-8(13)3-4-11(9)18-2/h3-5,12H,6-7H2,1-2H3. The van der Waals surface area contributed by atoms with Crippen LogP contribution in [0.3, 0.4) is 0 Å². The van der Waals surface area contributed by atoms with Crippen molar-refractivity contribution < 1.29 is 22.7 Å². The molecule has 0 saturated carbocycles. The summed E-state index contributed by atoms with van der Waals surface area (Å²) in [4.78, 5) is 13.0. The van der Waals surface area contributed by atoms with Gasteiger partial charge >= 0.3 is 0 Å². The van der Waals surface area contributed by atoms with Crippen molar-refractivity contribution in [3.63, 3.8) is 0 Å². The first-order valence-corrected chi connectivity index (χ1v) is 5.27. The monoisotopic (exact) mass is 261 g/mol. The summed E-state index contributed by atoms with van der Waals surface area (Å²) in [6, 6.07) is 3.53. The summed E-state index contributed by atoms with van der Waals surface area (Å²) < 4.78 is 42.2. The van der Waals surface area contributed by atoms with Crippen molar-refractivity contribution in [1.82, 2.24) is 4.90 Å². The largest absolute Gasteiger partial charge is 0.496 e. The van der Waals surface area contributed by atoms with E-state index in [4.69, 9.17) is 4.74 Å². The van der Waals surface area contributed by atoms with E-state index < -0.39 is 24.6 Å². The molecule has 0 radical (unpaired) electrons. The SMILES string of the molecule is COc1ccc(F)cc1C(=O)CN(C)CC(F)F. The third-order valence-electron chi connectivity index (χ3n) is 2.33. The molecule has 0 aliphatic carbocycles. The molecule has 0 aliphatic rings. The number of ether oxygens (including phenoxy) is 1. The molecule has 100 valence electrons. The number of alkyl halides is 2. The highest BCUT2D eigenvalue weighted by Crippen LogP contribution is 2.20. The van der Waals surface area contributed by atoms with E-state index in [9.17, 15) is 18.0 Å². The molecule has 0 fully saturated rings. The maximum absolute atomic E-state index is 13.1. The molecule has 0 saturated heterocycles. The van der Waals surface area contributed by atoms with Crippen LogP contribution >= 0.6 is 0 Å². The van der Waals surface area contributed by atoms with Crippen molar-refractivity contribution in [3.8, 4) is 5.75 Å². The molecule has 0 aromatic heterocycles. The summed E-state index contributed by atoms with van der Waals surface area (Å²) in [5.74, 6) is -0.808. The Hall–Kier alpha value is -1.56. The van der Waals surface area contributed by atoms with Crippen molar-refractivity contribution in [2.45, 2.75) is 6.43 Å². The first kappa shape index (κ1) is 14.5. The number of hydrogen-bond acceptors (Lipinski definition) is 3. The van der Waals surface area contributed by atoms with Crippen LogP contribution in [0, 0.1) is 5.82 Å². The molecule has 6 heteroatoms. The number of halogens is 3. The molecule has 3 nitrogen and oxygen atoms in total. The fourth-order valence-electron chi connectivity index (χ4n) is 1.53. The number of methoxy groups -OCH3 is 1. The number of carbonyl (C=O) groups is 1. The topological polar surface area (TPSA) is 29.5 Å². The number of Topliss-reactive ketones (excluding diaryl/α,β-unsaturated/α-hetero) is 1. The highest BCUT2D eigenvalue weighted by Gasteiger charge is 2.17. The molecule has 1 aromatic carbocycles. The Bertz CT molecular complexity index is 424. The van der Waals surface area contributed by atoms with E-state index >= 15 is 0 Å². The van der Waals surface area contributed by atoms with E-state index in [2.05, 4.69) is 0 Å². The Morgan fingerprint density at radius 1 is 1.44 bits per heavy atom. The zero-order chi connectivity index (χ0) is 13.7. The number of carbonyl (C=O) groups excluding carboxylic acids is 1. The van der Waals surface area contributed by atoms with E-state index in [-0.39, 0.29) is 17.9 Å². The van der Waals surface area contributed by atoms with Crippen LogP contribution in [0.15, 0.2) is 18.2 Å². The van der Waals surface area contributed by atoms with Gasteiger partial charge in [-0.25, -0.2) is 13.2 Å². The van der Waals surface area contributed by atoms with Crippen LogP contribution in [0.2, 0.25) is 0 Å². The minimum absolute atomic E-state index is 0.0543. The van der Waals surface area contributed by atoms with E-state index in [1.165, 1.54) is 31.2 Å². The molecule has 0 aliphatic heterocycles. The van der Waals surface area contributed by atoms with Crippen LogP contribution in [0.25, 0.3) is 0 Å². The number of nitrogens with zero attached hydrogens (tertiary/aromatic N) is 1. The van der Waals surface area contributed by atoms with Gasteiger partial charge in [0.1, 0.15) is 11.6 Å². The number of hydrogen-bond donors (Lipinski definition) is 0. The molecule has 18 heavy (non-hydrogen) atoms. The molecule has 0 amide bonds. The van der Waals surface area contributed by atoms with Crippen LogP contribution in [0.4, 0.5) is 13.2 Å². The predicted octanol–water partition coefficient (Wildman–Crippen LogP) is 2.21.